The van der Waals surface area contributed by atoms with Crippen LogP contribution < -0.4 is 14.8 Å². The molecule has 26 heavy (non-hydrogen) atoms. The molecule has 0 aromatic heterocycles. The fourth-order valence-corrected chi connectivity index (χ4v) is 3.51. The van der Waals surface area contributed by atoms with Gasteiger partial charge in [0, 0.05) is 17.8 Å². The summed E-state index contributed by atoms with van der Waals surface area (Å²) in [5.74, 6) is 0.141. The Balaban J connectivity index is 2.34. The van der Waals surface area contributed by atoms with Gasteiger partial charge in [0.15, 0.2) is 0 Å². The van der Waals surface area contributed by atoms with E-state index in [2.05, 4.69) is 10.0 Å². The molecular weight excluding hydrogens is 352 g/mol. The number of nitrogens with one attached hydrogen (secondary N) is 2. The highest BCUT2D eigenvalue weighted by molar-refractivity contribution is 7.92. The smallest absolute Gasteiger partial charge is 0.265 e. The summed E-state index contributed by atoms with van der Waals surface area (Å²) in [4.78, 5) is 12.2. The van der Waals surface area contributed by atoms with Crippen LogP contribution >= 0.6 is 0 Å². The second kappa shape index (κ2) is 8.23. The predicted octanol–water partition coefficient (Wildman–Crippen LogP) is 3.19. The van der Waals surface area contributed by atoms with E-state index in [1.807, 2.05) is 32.9 Å². The lowest BCUT2D eigenvalue weighted by atomic mass is 10.2. The number of anilines is 1. The summed E-state index contributed by atoms with van der Waals surface area (Å²) < 4.78 is 33.3. The van der Waals surface area contributed by atoms with Crippen LogP contribution in [0.2, 0.25) is 0 Å². The zero-order valence-corrected chi connectivity index (χ0v) is 16.2. The van der Waals surface area contributed by atoms with Crippen LogP contribution in [0, 0.1) is 12.8 Å². The fourth-order valence-electron chi connectivity index (χ4n) is 2.26. The molecule has 7 heteroatoms. The van der Waals surface area contributed by atoms with Crippen molar-refractivity contribution in [2.24, 2.45) is 5.92 Å². The molecular formula is C19H24N2O4S. The number of carbonyl (C=O) groups excluding carboxylic acids is 1. The number of methoxy groups -OCH3 is 1. The fraction of sp³-hybridized carbons (Fsp3) is 0.316. The highest BCUT2D eigenvalue weighted by atomic mass is 32.2. The van der Waals surface area contributed by atoms with E-state index in [-0.39, 0.29) is 22.1 Å². The number of sulfonamides is 1. The summed E-state index contributed by atoms with van der Waals surface area (Å²) >= 11 is 0. The Morgan fingerprint density at radius 3 is 2.35 bits per heavy atom. The number of hydrogen-bond donors (Lipinski definition) is 2. The van der Waals surface area contributed by atoms with Gasteiger partial charge in [-0.25, -0.2) is 8.42 Å². The van der Waals surface area contributed by atoms with Gasteiger partial charge < -0.3 is 10.1 Å². The van der Waals surface area contributed by atoms with Crippen molar-refractivity contribution < 1.29 is 17.9 Å². The van der Waals surface area contributed by atoms with E-state index in [0.717, 1.165) is 5.56 Å². The number of aryl methyl sites for hydroxylation is 1. The SMILES string of the molecule is COc1ccc(C(=O)NCC(C)C)cc1S(=O)(=O)Nc1ccc(C)cc1. The van der Waals surface area contributed by atoms with Gasteiger partial charge in [0.2, 0.25) is 0 Å². The van der Waals surface area contributed by atoms with Crippen molar-refractivity contribution in [1.29, 1.82) is 0 Å². The molecule has 0 saturated heterocycles. The van der Waals surface area contributed by atoms with Crippen molar-refractivity contribution in [3.63, 3.8) is 0 Å². The van der Waals surface area contributed by atoms with Crippen molar-refractivity contribution in [3.8, 4) is 5.75 Å². The third-order valence-corrected chi connectivity index (χ3v) is 5.09. The van der Waals surface area contributed by atoms with Gasteiger partial charge in [0.1, 0.15) is 10.6 Å². The molecule has 0 aliphatic carbocycles. The van der Waals surface area contributed by atoms with E-state index in [9.17, 15) is 13.2 Å². The molecule has 0 spiro atoms. The van der Waals surface area contributed by atoms with Crippen LogP contribution in [0.4, 0.5) is 5.69 Å². The van der Waals surface area contributed by atoms with Gasteiger partial charge in [-0.15, -0.1) is 0 Å². The molecule has 0 atom stereocenters. The molecule has 0 radical (unpaired) electrons. The Kier molecular flexibility index (Phi) is 6.26. The van der Waals surface area contributed by atoms with E-state index in [4.69, 9.17) is 4.74 Å². The first-order chi connectivity index (χ1) is 12.2. The van der Waals surface area contributed by atoms with E-state index >= 15 is 0 Å². The molecule has 0 bridgehead atoms. The third-order valence-electron chi connectivity index (χ3n) is 3.69. The Morgan fingerprint density at radius 1 is 1.12 bits per heavy atom. The number of carbonyl (C=O) groups is 1. The van der Waals surface area contributed by atoms with Crippen molar-refractivity contribution in [2.45, 2.75) is 25.7 Å². The van der Waals surface area contributed by atoms with Gasteiger partial charge in [0.05, 0.1) is 7.11 Å². The Morgan fingerprint density at radius 2 is 1.77 bits per heavy atom. The van der Waals surface area contributed by atoms with Crippen LogP contribution in [0.1, 0.15) is 29.8 Å². The normalized spacial score (nSPS) is 11.3. The summed E-state index contributed by atoms with van der Waals surface area (Å²) in [7, 11) is -2.52. The molecule has 0 saturated carbocycles. The average Bonchev–Trinajstić information content (AvgIpc) is 2.60. The third kappa shape index (κ3) is 4.98. The summed E-state index contributed by atoms with van der Waals surface area (Å²) in [6.45, 7) is 6.39. The lowest BCUT2D eigenvalue weighted by Crippen LogP contribution is -2.27. The minimum Gasteiger partial charge on any atom is -0.495 e. The lowest BCUT2D eigenvalue weighted by molar-refractivity contribution is 0.0948. The summed E-state index contributed by atoms with van der Waals surface area (Å²) in [5, 5.41) is 2.78. The Hall–Kier alpha value is -2.54. The molecule has 2 aromatic rings. The van der Waals surface area contributed by atoms with Gasteiger partial charge in [-0.05, 0) is 43.2 Å². The average molecular weight is 376 g/mol. The highest BCUT2D eigenvalue weighted by Gasteiger charge is 2.22. The number of amides is 1. The number of benzene rings is 2. The molecule has 140 valence electrons. The van der Waals surface area contributed by atoms with Gasteiger partial charge in [-0.2, -0.15) is 0 Å². The minimum absolute atomic E-state index is 0.0854. The molecule has 1 amide bonds. The van der Waals surface area contributed by atoms with Crippen LogP contribution in [0.5, 0.6) is 5.75 Å². The first-order valence-electron chi connectivity index (χ1n) is 8.28. The van der Waals surface area contributed by atoms with E-state index in [1.54, 1.807) is 18.2 Å². The molecule has 6 nitrogen and oxygen atoms in total. The molecule has 2 rings (SSSR count). The summed E-state index contributed by atoms with van der Waals surface area (Å²) in [5.41, 5.74) is 1.72. The standard InChI is InChI=1S/C19H24N2O4S/c1-13(2)12-20-19(22)15-7-10-17(25-4)18(11-15)26(23,24)21-16-8-5-14(3)6-9-16/h5-11,13,21H,12H2,1-4H3,(H,20,22). The molecule has 0 aliphatic rings. The lowest BCUT2D eigenvalue weighted by Gasteiger charge is -2.14. The van der Waals surface area contributed by atoms with Crippen molar-refractivity contribution in [1.82, 2.24) is 5.32 Å². The maximum Gasteiger partial charge on any atom is 0.265 e. The quantitative estimate of drug-likeness (QED) is 0.777. The van der Waals surface area contributed by atoms with Crippen molar-refractivity contribution >= 4 is 21.6 Å². The molecule has 2 N–H and O–H groups in total. The van der Waals surface area contributed by atoms with Crippen LogP contribution in [-0.4, -0.2) is 28.0 Å². The maximum absolute atomic E-state index is 12.8. The molecule has 0 aliphatic heterocycles. The maximum atomic E-state index is 12.8. The van der Waals surface area contributed by atoms with E-state index in [0.29, 0.717) is 18.2 Å². The zero-order chi connectivity index (χ0) is 19.3. The van der Waals surface area contributed by atoms with Gasteiger partial charge in [-0.3, -0.25) is 9.52 Å². The Labute approximate surface area is 154 Å². The second-order valence-electron chi connectivity index (χ2n) is 6.44. The largest absolute Gasteiger partial charge is 0.495 e. The topological polar surface area (TPSA) is 84.5 Å². The van der Waals surface area contributed by atoms with Crippen molar-refractivity contribution in [2.75, 3.05) is 18.4 Å². The minimum atomic E-state index is -3.91. The first kappa shape index (κ1) is 19.8. The monoisotopic (exact) mass is 376 g/mol. The first-order valence-corrected chi connectivity index (χ1v) is 9.77. The molecule has 0 fully saturated rings. The predicted molar refractivity (Wildman–Crippen MR) is 102 cm³/mol. The second-order valence-corrected chi connectivity index (χ2v) is 8.09. The zero-order valence-electron chi connectivity index (χ0n) is 15.4. The summed E-state index contributed by atoms with van der Waals surface area (Å²) in [6.07, 6.45) is 0. The molecule has 0 heterocycles. The Bertz CT molecular complexity index is 875. The van der Waals surface area contributed by atoms with Crippen LogP contribution in [0.25, 0.3) is 0 Å². The molecule has 0 unspecified atom stereocenters. The number of ether oxygens (including phenoxy) is 1. The van der Waals surface area contributed by atoms with Gasteiger partial charge in [0.25, 0.3) is 15.9 Å². The van der Waals surface area contributed by atoms with Crippen LogP contribution in [0.15, 0.2) is 47.4 Å². The molecule has 2 aromatic carbocycles. The van der Waals surface area contributed by atoms with Crippen LogP contribution in [-0.2, 0) is 10.0 Å². The number of rotatable bonds is 7. The van der Waals surface area contributed by atoms with Gasteiger partial charge >= 0.3 is 0 Å². The van der Waals surface area contributed by atoms with Crippen LogP contribution in [0.3, 0.4) is 0 Å². The van der Waals surface area contributed by atoms with E-state index < -0.39 is 10.0 Å². The summed E-state index contributed by atoms with van der Waals surface area (Å²) in [6, 6.07) is 11.3. The highest BCUT2D eigenvalue weighted by Crippen LogP contribution is 2.27. The van der Waals surface area contributed by atoms with Crippen molar-refractivity contribution in [3.05, 3.63) is 53.6 Å². The van der Waals surface area contributed by atoms with Gasteiger partial charge in [-0.1, -0.05) is 31.5 Å². The van der Waals surface area contributed by atoms with E-state index in [1.165, 1.54) is 19.2 Å². The number of hydrogen-bond acceptors (Lipinski definition) is 4.